The van der Waals surface area contributed by atoms with Crippen molar-refractivity contribution in [3.63, 3.8) is 0 Å². The molecule has 0 heterocycles. The number of nitrogens with one attached hydrogen (secondary N) is 1. The zero-order chi connectivity index (χ0) is 11.0. The molecule has 84 valence electrons. The Kier molecular flexibility index (Phi) is 7.96. The second-order valence-corrected chi connectivity index (χ2v) is 4.15. The standard InChI is InChI=1S/C11H22ClNO/c1-4-6-10(7-5-2)11(14)13-9(3)8-12/h9-10H,4-8H2,1-3H3,(H,13,14). The highest BCUT2D eigenvalue weighted by molar-refractivity contribution is 6.18. The van der Waals surface area contributed by atoms with Crippen molar-refractivity contribution in [3.05, 3.63) is 0 Å². The molecule has 0 radical (unpaired) electrons. The molecule has 1 amide bonds. The van der Waals surface area contributed by atoms with Crippen LogP contribution in [0.2, 0.25) is 0 Å². The SMILES string of the molecule is CCCC(CCC)C(=O)NC(C)CCl. The Balaban J connectivity index is 4.00. The van der Waals surface area contributed by atoms with Gasteiger partial charge in [-0.05, 0) is 19.8 Å². The molecule has 2 nitrogen and oxygen atoms in total. The van der Waals surface area contributed by atoms with Crippen molar-refractivity contribution in [1.82, 2.24) is 5.32 Å². The number of hydrogen-bond donors (Lipinski definition) is 1. The van der Waals surface area contributed by atoms with Crippen molar-refractivity contribution >= 4 is 17.5 Å². The van der Waals surface area contributed by atoms with E-state index in [4.69, 9.17) is 11.6 Å². The summed E-state index contributed by atoms with van der Waals surface area (Å²) in [6, 6.07) is 0.0837. The van der Waals surface area contributed by atoms with Gasteiger partial charge < -0.3 is 5.32 Å². The third kappa shape index (κ3) is 5.48. The zero-order valence-electron chi connectivity index (χ0n) is 9.48. The Morgan fingerprint density at radius 2 is 1.79 bits per heavy atom. The van der Waals surface area contributed by atoms with E-state index in [-0.39, 0.29) is 17.9 Å². The monoisotopic (exact) mass is 219 g/mol. The molecule has 14 heavy (non-hydrogen) atoms. The highest BCUT2D eigenvalue weighted by Gasteiger charge is 2.17. The van der Waals surface area contributed by atoms with Crippen LogP contribution in [0.25, 0.3) is 0 Å². The molecule has 1 N–H and O–H groups in total. The van der Waals surface area contributed by atoms with Gasteiger partial charge in [0.25, 0.3) is 0 Å². The van der Waals surface area contributed by atoms with Gasteiger partial charge in [0.15, 0.2) is 0 Å². The summed E-state index contributed by atoms with van der Waals surface area (Å²) in [5, 5.41) is 2.93. The van der Waals surface area contributed by atoms with Crippen LogP contribution in [0, 0.1) is 5.92 Å². The maximum Gasteiger partial charge on any atom is 0.223 e. The first-order valence-electron chi connectivity index (χ1n) is 5.52. The van der Waals surface area contributed by atoms with Crippen LogP contribution in [0.3, 0.4) is 0 Å². The normalized spacial score (nSPS) is 12.9. The predicted molar refractivity (Wildman–Crippen MR) is 61.6 cm³/mol. The number of carbonyl (C=O) groups is 1. The second-order valence-electron chi connectivity index (χ2n) is 3.84. The van der Waals surface area contributed by atoms with Crippen LogP contribution in [-0.2, 0) is 4.79 Å². The van der Waals surface area contributed by atoms with Crippen LogP contribution in [-0.4, -0.2) is 17.8 Å². The van der Waals surface area contributed by atoms with Crippen LogP contribution in [0.15, 0.2) is 0 Å². The van der Waals surface area contributed by atoms with E-state index in [9.17, 15) is 4.79 Å². The zero-order valence-corrected chi connectivity index (χ0v) is 10.2. The smallest absolute Gasteiger partial charge is 0.223 e. The number of halogens is 1. The number of amides is 1. The van der Waals surface area contributed by atoms with Crippen molar-refractivity contribution in [1.29, 1.82) is 0 Å². The van der Waals surface area contributed by atoms with Gasteiger partial charge in [0.2, 0.25) is 5.91 Å². The van der Waals surface area contributed by atoms with Crippen molar-refractivity contribution < 1.29 is 4.79 Å². The molecular weight excluding hydrogens is 198 g/mol. The summed E-state index contributed by atoms with van der Waals surface area (Å²) in [7, 11) is 0. The highest BCUT2D eigenvalue weighted by Crippen LogP contribution is 2.13. The van der Waals surface area contributed by atoms with E-state index in [0.717, 1.165) is 25.7 Å². The highest BCUT2D eigenvalue weighted by atomic mass is 35.5. The van der Waals surface area contributed by atoms with Gasteiger partial charge in [0.05, 0.1) is 0 Å². The van der Waals surface area contributed by atoms with E-state index in [0.29, 0.717) is 5.88 Å². The Labute approximate surface area is 92.4 Å². The van der Waals surface area contributed by atoms with E-state index in [1.165, 1.54) is 0 Å². The van der Waals surface area contributed by atoms with Gasteiger partial charge in [-0.1, -0.05) is 26.7 Å². The van der Waals surface area contributed by atoms with Gasteiger partial charge in [0.1, 0.15) is 0 Å². The lowest BCUT2D eigenvalue weighted by Gasteiger charge is -2.18. The summed E-state index contributed by atoms with van der Waals surface area (Å²) < 4.78 is 0. The molecule has 1 unspecified atom stereocenters. The van der Waals surface area contributed by atoms with Crippen LogP contribution in [0.5, 0.6) is 0 Å². The quantitative estimate of drug-likeness (QED) is 0.656. The van der Waals surface area contributed by atoms with Gasteiger partial charge >= 0.3 is 0 Å². The second kappa shape index (κ2) is 8.10. The fourth-order valence-electron chi connectivity index (χ4n) is 1.50. The molecule has 0 saturated heterocycles. The predicted octanol–water partition coefficient (Wildman–Crippen LogP) is 2.95. The molecule has 0 aliphatic heterocycles. The maximum absolute atomic E-state index is 11.7. The largest absolute Gasteiger partial charge is 0.352 e. The minimum absolute atomic E-state index is 0.0837. The van der Waals surface area contributed by atoms with E-state index in [1.807, 2.05) is 6.92 Å². The summed E-state index contributed by atoms with van der Waals surface area (Å²) in [5.41, 5.74) is 0. The number of hydrogen-bond acceptors (Lipinski definition) is 1. The van der Waals surface area contributed by atoms with E-state index in [2.05, 4.69) is 19.2 Å². The van der Waals surface area contributed by atoms with Crippen LogP contribution >= 0.6 is 11.6 Å². The van der Waals surface area contributed by atoms with Crippen LogP contribution in [0.1, 0.15) is 46.5 Å². The van der Waals surface area contributed by atoms with Crippen LogP contribution in [0.4, 0.5) is 0 Å². The minimum Gasteiger partial charge on any atom is -0.352 e. The summed E-state index contributed by atoms with van der Waals surface area (Å²) in [4.78, 5) is 11.7. The first kappa shape index (κ1) is 13.8. The van der Waals surface area contributed by atoms with Gasteiger partial charge in [0, 0.05) is 17.8 Å². The number of rotatable bonds is 7. The molecule has 0 fully saturated rings. The maximum atomic E-state index is 11.7. The van der Waals surface area contributed by atoms with Gasteiger partial charge in [-0.3, -0.25) is 4.79 Å². The third-order valence-corrected chi connectivity index (χ3v) is 2.73. The molecule has 0 bridgehead atoms. The summed E-state index contributed by atoms with van der Waals surface area (Å²) in [6.07, 6.45) is 4.09. The number of alkyl halides is 1. The molecular formula is C11H22ClNO. The average Bonchev–Trinajstić information content (AvgIpc) is 2.17. The molecule has 0 saturated carbocycles. The van der Waals surface area contributed by atoms with Gasteiger partial charge in [-0.15, -0.1) is 11.6 Å². The van der Waals surface area contributed by atoms with E-state index < -0.39 is 0 Å². The lowest BCUT2D eigenvalue weighted by atomic mass is 9.97. The fourth-order valence-corrected chi connectivity index (χ4v) is 1.58. The van der Waals surface area contributed by atoms with E-state index >= 15 is 0 Å². The van der Waals surface area contributed by atoms with Crippen molar-refractivity contribution in [3.8, 4) is 0 Å². The molecule has 1 atom stereocenters. The average molecular weight is 220 g/mol. The fraction of sp³-hybridized carbons (Fsp3) is 0.909. The Morgan fingerprint density at radius 3 is 2.14 bits per heavy atom. The van der Waals surface area contributed by atoms with E-state index in [1.54, 1.807) is 0 Å². The Morgan fingerprint density at radius 1 is 1.29 bits per heavy atom. The minimum atomic E-state index is 0.0837. The summed E-state index contributed by atoms with van der Waals surface area (Å²) in [6.45, 7) is 6.15. The van der Waals surface area contributed by atoms with Crippen LogP contribution < -0.4 is 5.32 Å². The van der Waals surface area contributed by atoms with Gasteiger partial charge in [-0.25, -0.2) is 0 Å². The Bertz CT molecular complexity index is 155. The lowest BCUT2D eigenvalue weighted by Crippen LogP contribution is -2.38. The first-order valence-corrected chi connectivity index (χ1v) is 6.05. The van der Waals surface area contributed by atoms with Gasteiger partial charge in [-0.2, -0.15) is 0 Å². The summed E-state index contributed by atoms with van der Waals surface area (Å²) in [5.74, 6) is 0.828. The molecule has 0 aliphatic rings. The molecule has 3 heteroatoms. The molecule has 0 spiro atoms. The number of carbonyl (C=O) groups excluding carboxylic acids is 1. The van der Waals surface area contributed by atoms with Crippen molar-refractivity contribution in [2.24, 2.45) is 5.92 Å². The molecule has 0 aromatic rings. The lowest BCUT2D eigenvalue weighted by molar-refractivity contribution is -0.125. The molecule has 0 rings (SSSR count). The van der Waals surface area contributed by atoms with Crippen molar-refractivity contribution in [2.75, 3.05) is 5.88 Å². The molecule has 0 aromatic carbocycles. The molecule has 0 aliphatic carbocycles. The summed E-state index contributed by atoms with van der Waals surface area (Å²) >= 11 is 5.64. The third-order valence-electron chi connectivity index (χ3n) is 2.27. The van der Waals surface area contributed by atoms with Crippen molar-refractivity contribution in [2.45, 2.75) is 52.5 Å². The molecule has 0 aromatic heterocycles. The first-order chi connectivity index (χ1) is 6.65. The Hall–Kier alpha value is -0.240. The topological polar surface area (TPSA) is 29.1 Å².